The average molecular weight is 411 g/mol. The van der Waals surface area contributed by atoms with Gasteiger partial charge in [-0.2, -0.15) is 0 Å². The van der Waals surface area contributed by atoms with Crippen LogP contribution in [0.3, 0.4) is 0 Å². The van der Waals surface area contributed by atoms with Crippen molar-refractivity contribution in [3.8, 4) is 0 Å². The van der Waals surface area contributed by atoms with E-state index in [1.807, 2.05) is 58.0 Å². The molecule has 1 fully saturated rings. The maximum absolute atomic E-state index is 12.2. The smallest absolute Gasteiger partial charge is 0.461 e. The molecule has 3 rings (SSSR count). The molecule has 0 radical (unpaired) electrons. The average Bonchev–Trinajstić information content (AvgIpc) is 3.24. The van der Waals surface area contributed by atoms with Crippen molar-refractivity contribution >= 4 is 25.6 Å². The molecule has 0 spiro atoms. The molecule has 0 unspecified atom stereocenters. The van der Waals surface area contributed by atoms with Crippen LogP contribution in [0, 0.1) is 0 Å². The highest BCUT2D eigenvalue weighted by Crippen LogP contribution is 2.38. The molecule has 7 nitrogen and oxygen atoms in total. The molecule has 1 amide bonds. The Morgan fingerprint density at radius 3 is 2.40 bits per heavy atom. The quantitative estimate of drug-likeness (QED) is 0.547. The van der Waals surface area contributed by atoms with Crippen molar-refractivity contribution in [2.45, 2.75) is 45.5 Å². The number of alkyl carbamates (subject to hydrolysis) is 1. The van der Waals surface area contributed by atoms with Crippen LogP contribution in [0.4, 0.5) is 4.79 Å². The van der Waals surface area contributed by atoms with Crippen molar-refractivity contribution in [1.82, 2.24) is 5.32 Å². The zero-order valence-corrected chi connectivity index (χ0v) is 17.6. The van der Waals surface area contributed by atoms with Gasteiger partial charge in [-0.3, -0.25) is 4.79 Å². The van der Waals surface area contributed by atoms with Crippen molar-refractivity contribution < 1.29 is 28.1 Å². The lowest BCUT2D eigenvalue weighted by Gasteiger charge is -2.32. The van der Waals surface area contributed by atoms with Gasteiger partial charge in [-0.1, -0.05) is 36.4 Å². The van der Waals surface area contributed by atoms with Crippen LogP contribution in [0.15, 0.2) is 52.6 Å². The SMILES string of the molecule is CC1(C)OB(C(=Cc2ccoc2C=O)CNC(=O)OCc2ccccc2)OC1(C)C. The van der Waals surface area contributed by atoms with Crippen LogP contribution in [-0.2, 0) is 20.7 Å². The van der Waals surface area contributed by atoms with Gasteiger partial charge in [0.05, 0.1) is 17.5 Å². The van der Waals surface area contributed by atoms with Gasteiger partial charge < -0.3 is 23.8 Å². The van der Waals surface area contributed by atoms with E-state index in [1.54, 1.807) is 12.1 Å². The van der Waals surface area contributed by atoms with E-state index in [-0.39, 0.29) is 18.9 Å². The van der Waals surface area contributed by atoms with Crippen molar-refractivity contribution in [3.05, 3.63) is 65.0 Å². The van der Waals surface area contributed by atoms with Gasteiger partial charge in [0, 0.05) is 12.1 Å². The van der Waals surface area contributed by atoms with Crippen LogP contribution in [0.25, 0.3) is 6.08 Å². The van der Waals surface area contributed by atoms with Crippen molar-refractivity contribution in [1.29, 1.82) is 0 Å². The molecule has 8 heteroatoms. The van der Waals surface area contributed by atoms with Crippen molar-refractivity contribution in [3.63, 3.8) is 0 Å². The van der Waals surface area contributed by atoms with Gasteiger partial charge in [0.2, 0.25) is 0 Å². The van der Waals surface area contributed by atoms with Crippen LogP contribution in [0.2, 0.25) is 0 Å². The topological polar surface area (TPSA) is 87.0 Å². The van der Waals surface area contributed by atoms with Gasteiger partial charge in [0.1, 0.15) is 6.61 Å². The summed E-state index contributed by atoms with van der Waals surface area (Å²) in [6.45, 7) is 8.07. The number of rotatable bonds is 7. The van der Waals surface area contributed by atoms with E-state index in [9.17, 15) is 9.59 Å². The second kappa shape index (κ2) is 8.89. The lowest BCUT2D eigenvalue weighted by molar-refractivity contribution is 0.00578. The molecule has 1 aromatic carbocycles. The third-order valence-corrected chi connectivity index (χ3v) is 5.38. The monoisotopic (exact) mass is 411 g/mol. The third kappa shape index (κ3) is 5.01. The Hall–Kier alpha value is -2.84. The van der Waals surface area contributed by atoms with Crippen LogP contribution >= 0.6 is 0 Å². The number of carbonyl (C=O) groups is 2. The lowest BCUT2D eigenvalue weighted by Crippen LogP contribution is -2.41. The summed E-state index contributed by atoms with van der Waals surface area (Å²) in [5, 5.41) is 2.73. The largest absolute Gasteiger partial charge is 0.492 e. The first-order valence-corrected chi connectivity index (χ1v) is 9.75. The molecule has 1 aliphatic rings. The molecule has 0 atom stereocenters. The van der Waals surface area contributed by atoms with E-state index in [0.717, 1.165) is 5.56 Å². The second-order valence-electron chi connectivity index (χ2n) is 8.08. The summed E-state index contributed by atoms with van der Waals surface area (Å²) in [6, 6.07) is 11.1. The molecule has 0 bridgehead atoms. The molecule has 1 saturated heterocycles. The minimum Gasteiger partial charge on any atom is -0.461 e. The Morgan fingerprint density at radius 2 is 1.77 bits per heavy atom. The molecule has 1 aromatic heterocycles. The van der Waals surface area contributed by atoms with E-state index in [1.165, 1.54) is 6.26 Å². The molecule has 1 aliphatic heterocycles. The summed E-state index contributed by atoms with van der Waals surface area (Å²) in [5.41, 5.74) is 1.01. The van der Waals surface area contributed by atoms with Gasteiger partial charge in [0.25, 0.3) is 0 Å². The van der Waals surface area contributed by atoms with Gasteiger partial charge in [0.15, 0.2) is 12.0 Å². The first kappa shape index (κ1) is 21.9. The van der Waals surface area contributed by atoms with Crippen LogP contribution in [0.1, 0.15) is 49.4 Å². The molecule has 158 valence electrons. The molecular weight excluding hydrogens is 385 g/mol. The zero-order chi connectivity index (χ0) is 21.8. The first-order chi connectivity index (χ1) is 14.2. The number of benzene rings is 1. The summed E-state index contributed by atoms with van der Waals surface area (Å²) in [7, 11) is -0.696. The number of aldehydes is 1. The minimum atomic E-state index is -0.696. The number of ether oxygens (including phenoxy) is 1. The highest BCUT2D eigenvalue weighted by Gasteiger charge is 2.52. The molecule has 0 aliphatic carbocycles. The fraction of sp³-hybridized carbons (Fsp3) is 0.364. The predicted octanol–water partition coefficient (Wildman–Crippen LogP) is 4.03. The number of furan rings is 1. The van der Waals surface area contributed by atoms with E-state index < -0.39 is 24.4 Å². The minimum absolute atomic E-state index is 0.119. The number of amides is 1. The predicted molar refractivity (Wildman–Crippen MR) is 113 cm³/mol. The van der Waals surface area contributed by atoms with Crippen LogP contribution in [0.5, 0.6) is 0 Å². The van der Waals surface area contributed by atoms with Gasteiger partial charge >= 0.3 is 13.2 Å². The highest BCUT2D eigenvalue weighted by molar-refractivity contribution is 6.56. The Kier molecular flexibility index (Phi) is 6.48. The van der Waals surface area contributed by atoms with Crippen LogP contribution < -0.4 is 5.32 Å². The number of nitrogens with one attached hydrogen (secondary N) is 1. The van der Waals surface area contributed by atoms with Gasteiger partial charge in [-0.15, -0.1) is 0 Å². The van der Waals surface area contributed by atoms with Gasteiger partial charge in [-0.25, -0.2) is 4.79 Å². The molecule has 30 heavy (non-hydrogen) atoms. The normalized spacial score (nSPS) is 17.6. The van der Waals surface area contributed by atoms with E-state index in [0.29, 0.717) is 17.3 Å². The fourth-order valence-corrected chi connectivity index (χ4v) is 2.89. The number of carbonyl (C=O) groups excluding carboxylic acids is 2. The number of hydrogen-bond acceptors (Lipinski definition) is 6. The van der Waals surface area contributed by atoms with Crippen molar-refractivity contribution in [2.75, 3.05) is 6.54 Å². The standard InChI is InChI=1S/C22H26BNO6/c1-21(2)22(3,4)30-23(29-21)18(12-17-10-11-27-19(17)14-25)13-24-20(26)28-15-16-8-6-5-7-9-16/h5-12,14H,13,15H2,1-4H3,(H,24,26). The molecule has 1 N–H and O–H groups in total. The summed E-state index contributed by atoms with van der Waals surface area (Å²) in [4.78, 5) is 23.4. The van der Waals surface area contributed by atoms with Crippen LogP contribution in [-0.4, -0.2) is 37.2 Å². The van der Waals surface area contributed by atoms with E-state index >= 15 is 0 Å². The number of hydrogen-bond donors (Lipinski definition) is 1. The molecular formula is C22H26BNO6. The maximum Gasteiger partial charge on any atom is 0.492 e. The summed E-state index contributed by atoms with van der Waals surface area (Å²) >= 11 is 0. The van der Waals surface area contributed by atoms with Crippen molar-refractivity contribution in [2.24, 2.45) is 0 Å². The second-order valence-corrected chi connectivity index (χ2v) is 8.08. The summed E-state index contributed by atoms with van der Waals surface area (Å²) < 4.78 is 22.7. The third-order valence-electron chi connectivity index (χ3n) is 5.38. The Balaban J connectivity index is 1.72. The summed E-state index contributed by atoms with van der Waals surface area (Å²) in [5.74, 6) is 0.190. The van der Waals surface area contributed by atoms with E-state index in [4.69, 9.17) is 18.5 Å². The highest BCUT2D eigenvalue weighted by atomic mass is 16.7. The zero-order valence-electron chi connectivity index (χ0n) is 17.6. The first-order valence-electron chi connectivity index (χ1n) is 9.75. The van der Waals surface area contributed by atoms with E-state index in [2.05, 4.69) is 5.32 Å². The van der Waals surface area contributed by atoms with Gasteiger partial charge in [-0.05, 0) is 44.8 Å². The Labute approximate surface area is 176 Å². The Morgan fingerprint density at radius 1 is 1.10 bits per heavy atom. The maximum atomic E-state index is 12.2. The molecule has 0 saturated carbocycles. The fourth-order valence-electron chi connectivity index (χ4n) is 2.89. The Bertz CT molecular complexity index is 903. The summed E-state index contributed by atoms with van der Waals surface area (Å²) in [6.07, 6.45) is 3.23. The molecule has 2 aromatic rings. The lowest BCUT2D eigenvalue weighted by atomic mass is 9.77. The molecule has 2 heterocycles.